The van der Waals surface area contributed by atoms with Gasteiger partial charge in [-0.1, -0.05) is 23.7 Å². The summed E-state index contributed by atoms with van der Waals surface area (Å²) in [7, 11) is 1.55. The molecule has 1 saturated heterocycles. The number of urea groups is 1. The SMILES string of the molecule is CN1CC(=O)N(CCCC(=O)OCc2nnc(-c3ccccc3Cl)o2)C1=O. The molecule has 1 aliphatic rings. The Bertz CT molecular complexity index is 869. The van der Waals surface area contributed by atoms with E-state index in [4.69, 9.17) is 20.8 Å². The van der Waals surface area contributed by atoms with Crippen LogP contribution in [0.3, 0.4) is 0 Å². The summed E-state index contributed by atoms with van der Waals surface area (Å²) in [5.74, 6) is -0.375. The minimum absolute atomic E-state index is 0.0618. The van der Waals surface area contributed by atoms with Gasteiger partial charge in [-0.05, 0) is 18.6 Å². The lowest BCUT2D eigenvalue weighted by atomic mass is 10.2. The molecule has 0 unspecified atom stereocenters. The number of halogens is 1. The number of likely N-dealkylation sites (N-methyl/N-ethyl adjacent to an activating group) is 1. The minimum atomic E-state index is -0.486. The molecule has 0 spiro atoms. The lowest BCUT2D eigenvalue weighted by Crippen LogP contribution is -2.32. The van der Waals surface area contributed by atoms with Crippen molar-refractivity contribution in [2.75, 3.05) is 20.1 Å². The zero-order valence-corrected chi connectivity index (χ0v) is 15.3. The largest absolute Gasteiger partial charge is 0.456 e. The third-order valence-electron chi connectivity index (χ3n) is 3.92. The Labute approximate surface area is 159 Å². The molecule has 1 fully saturated rings. The summed E-state index contributed by atoms with van der Waals surface area (Å²) in [5.41, 5.74) is 0.592. The maximum Gasteiger partial charge on any atom is 0.326 e. The van der Waals surface area contributed by atoms with Crippen molar-refractivity contribution in [2.45, 2.75) is 19.4 Å². The molecular formula is C17H17ClN4O5. The van der Waals surface area contributed by atoms with Crippen LogP contribution in [0, 0.1) is 0 Å². The fourth-order valence-corrected chi connectivity index (χ4v) is 2.76. The molecule has 142 valence electrons. The molecule has 0 aliphatic carbocycles. The van der Waals surface area contributed by atoms with Crippen LogP contribution in [0.4, 0.5) is 4.79 Å². The van der Waals surface area contributed by atoms with Crippen LogP contribution in [0.1, 0.15) is 18.7 Å². The number of hydrogen-bond donors (Lipinski definition) is 0. The number of nitrogens with zero attached hydrogens (tertiary/aromatic N) is 4. The average Bonchev–Trinajstić information content (AvgIpc) is 3.20. The van der Waals surface area contributed by atoms with Gasteiger partial charge in [-0.25, -0.2) is 4.79 Å². The van der Waals surface area contributed by atoms with Gasteiger partial charge in [-0.2, -0.15) is 0 Å². The van der Waals surface area contributed by atoms with Crippen molar-refractivity contribution in [1.82, 2.24) is 20.0 Å². The first kappa shape index (κ1) is 18.8. The molecule has 1 aromatic heterocycles. The molecule has 1 aromatic carbocycles. The Morgan fingerprint density at radius 2 is 2.07 bits per heavy atom. The van der Waals surface area contributed by atoms with Crippen molar-refractivity contribution in [3.8, 4) is 11.5 Å². The highest BCUT2D eigenvalue weighted by Gasteiger charge is 2.32. The Kier molecular flexibility index (Phi) is 5.70. The topological polar surface area (TPSA) is 106 Å². The monoisotopic (exact) mass is 392 g/mol. The Balaban J connectivity index is 1.44. The first-order chi connectivity index (χ1) is 13.0. The van der Waals surface area contributed by atoms with E-state index in [0.29, 0.717) is 17.0 Å². The van der Waals surface area contributed by atoms with Crippen molar-refractivity contribution < 1.29 is 23.5 Å². The molecule has 10 heteroatoms. The fraction of sp³-hybridized carbons (Fsp3) is 0.353. The number of esters is 1. The molecule has 3 amide bonds. The van der Waals surface area contributed by atoms with Gasteiger partial charge in [0.1, 0.15) is 6.54 Å². The maximum atomic E-state index is 11.8. The highest BCUT2D eigenvalue weighted by molar-refractivity contribution is 6.33. The second kappa shape index (κ2) is 8.17. The number of benzene rings is 1. The average molecular weight is 393 g/mol. The van der Waals surface area contributed by atoms with Crippen LogP contribution in [0.5, 0.6) is 0 Å². The Hall–Kier alpha value is -2.94. The Morgan fingerprint density at radius 1 is 1.30 bits per heavy atom. The summed E-state index contributed by atoms with van der Waals surface area (Å²) in [4.78, 5) is 37.6. The lowest BCUT2D eigenvalue weighted by molar-refractivity contribution is -0.146. The van der Waals surface area contributed by atoms with Gasteiger partial charge in [0, 0.05) is 20.0 Å². The predicted molar refractivity (Wildman–Crippen MR) is 93.5 cm³/mol. The molecular weight excluding hydrogens is 376 g/mol. The van der Waals surface area contributed by atoms with Gasteiger partial charge in [0.15, 0.2) is 6.61 Å². The first-order valence-corrected chi connectivity index (χ1v) is 8.62. The molecule has 0 N–H and O–H groups in total. The van der Waals surface area contributed by atoms with E-state index in [-0.39, 0.29) is 49.8 Å². The molecule has 27 heavy (non-hydrogen) atoms. The van der Waals surface area contributed by atoms with Crippen LogP contribution in [-0.4, -0.2) is 58.0 Å². The second-order valence-electron chi connectivity index (χ2n) is 5.93. The van der Waals surface area contributed by atoms with Crippen molar-refractivity contribution >= 4 is 29.5 Å². The van der Waals surface area contributed by atoms with Crippen LogP contribution >= 0.6 is 11.6 Å². The summed E-state index contributed by atoms with van der Waals surface area (Å²) in [5, 5.41) is 8.18. The Morgan fingerprint density at radius 3 is 2.78 bits per heavy atom. The van der Waals surface area contributed by atoms with E-state index in [2.05, 4.69) is 10.2 Å². The van der Waals surface area contributed by atoms with E-state index in [9.17, 15) is 14.4 Å². The van der Waals surface area contributed by atoms with Gasteiger partial charge in [0.2, 0.25) is 11.8 Å². The van der Waals surface area contributed by atoms with E-state index in [1.54, 1.807) is 31.3 Å². The number of rotatable bonds is 7. The zero-order chi connectivity index (χ0) is 19.4. The summed E-state index contributed by atoms with van der Waals surface area (Å²) in [6.45, 7) is 0.0725. The van der Waals surface area contributed by atoms with Crippen molar-refractivity contribution in [3.05, 3.63) is 35.2 Å². The number of ether oxygens (including phenoxy) is 1. The predicted octanol–water partition coefficient (Wildman–Crippen LogP) is 2.11. The number of amides is 3. The normalized spacial score (nSPS) is 14.1. The standard InChI is InChI=1S/C17H17ClN4O5/c1-21-9-14(23)22(17(21)25)8-4-7-15(24)26-10-13-19-20-16(27-13)11-5-2-3-6-12(11)18/h2-3,5-6H,4,7-10H2,1H3. The quantitative estimate of drug-likeness (QED) is 0.524. The summed E-state index contributed by atoms with van der Waals surface area (Å²) < 4.78 is 10.5. The molecule has 2 heterocycles. The molecule has 9 nitrogen and oxygen atoms in total. The van der Waals surface area contributed by atoms with Crippen LogP contribution in [-0.2, 0) is 20.9 Å². The van der Waals surface area contributed by atoms with Gasteiger partial charge in [-0.3, -0.25) is 14.5 Å². The fourth-order valence-electron chi connectivity index (χ4n) is 2.54. The van der Waals surface area contributed by atoms with Gasteiger partial charge in [-0.15, -0.1) is 10.2 Å². The molecule has 0 radical (unpaired) electrons. The molecule has 2 aromatic rings. The minimum Gasteiger partial charge on any atom is -0.456 e. The maximum absolute atomic E-state index is 11.8. The van der Waals surface area contributed by atoms with Crippen LogP contribution in [0.15, 0.2) is 28.7 Å². The number of imide groups is 1. The van der Waals surface area contributed by atoms with Crippen molar-refractivity contribution in [1.29, 1.82) is 0 Å². The van der Waals surface area contributed by atoms with Crippen LogP contribution < -0.4 is 0 Å². The van der Waals surface area contributed by atoms with Crippen molar-refractivity contribution in [3.63, 3.8) is 0 Å². The smallest absolute Gasteiger partial charge is 0.326 e. The van der Waals surface area contributed by atoms with Crippen LogP contribution in [0.25, 0.3) is 11.5 Å². The summed E-state index contributed by atoms with van der Waals surface area (Å²) in [6, 6.07) is 6.66. The second-order valence-corrected chi connectivity index (χ2v) is 6.34. The number of hydrogen-bond acceptors (Lipinski definition) is 7. The third-order valence-corrected chi connectivity index (χ3v) is 4.25. The molecule has 0 atom stereocenters. The third kappa shape index (κ3) is 4.43. The summed E-state index contributed by atoms with van der Waals surface area (Å²) in [6.07, 6.45) is 0.380. The molecule has 0 bridgehead atoms. The molecule has 0 saturated carbocycles. The lowest BCUT2D eigenvalue weighted by Gasteiger charge is -2.13. The number of carbonyl (C=O) groups is 3. The van der Waals surface area contributed by atoms with Gasteiger partial charge in [0.25, 0.3) is 5.89 Å². The van der Waals surface area contributed by atoms with Crippen LogP contribution in [0.2, 0.25) is 5.02 Å². The van der Waals surface area contributed by atoms with E-state index in [1.807, 2.05) is 0 Å². The highest BCUT2D eigenvalue weighted by atomic mass is 35.5. The van der Waals surface area contributed by atoms with E-state index in [1.165, 1.54) is 4.90 Å². The zero-order valence-electron chi connectivity index (χ0n) is 14.6. The van der Waals surface area contributed by atoms with Gasteiger partial charge < -0.3 is 14.1 Å². The molecule has 3 rings (SSSR count). The van der Waals surface area contributed by atoms with E-state index >= 15 is 0 Å². The number of carbonyl (C=O) groups excluding carboxylic acids is 3. The van der Waals surface area contributed by atoms with Gasteiger partial charge >= 0.3 is 12.0 Å². The van der Waals surface area contributed by atoms with Gasteiger partial charge in [0.05, 0.1) is 10.6 Å². The number of aromatic nitrogens is 2. The molecule has 1 aliphatic heterocycles. The van der Waals surface area contributed by atoms with E-state index in [0.717, 1.165) is 4.90 Å². The first-order valence-electron chi connectivity index (χ1n) is 8.24. The van der Waals surface area contributed by atoms with Crippen molar-refractivity contribution in [2.24, 2.45) is 0 Å². The summed E-state index contributed by atoms with van der Waals surface area (Å²) >= 11 is 6.07. The highest BCUT2D eigenvalue weighted by Crippen LogP contribution is 2.26. The van der Waals surface area contributed by atoms with E-state index < -0.39 is 5.97 Å².